The van der Waals surface area contributed by atoms with Gasteiger partial charge in [-0.1, -0.05) is 37.0 Å². The first-order valence-corrected chi connectivity index (χ1v) is 7.77. The fourth-order valence-corrected chi connectivity index (χ4v) is 2.89. The number of primary amides is 1. The van der Waals surface area contributed by atoms with Gasteiger partial charge in [-0.3, -0.25) is 4.79 Å². The average molecular weight is 321 g/mol. The summed E-state index contributed by atoms with van der Waals surface area (Å²) in [5, 5.41) is 4.24. The lowest BCUT2D eigenvalue weighted by Crippen LogP contribution is -2.44. The van der Waals surface area contributed by atoms with Crippen LogP contribution in [-0.4, -0.2) is 23.7 Å². The molecule has 106 valence electrons. The summed E-state index contributed by atoms with van der Waals surface area (Å²) in [5.74, 6) is 0.467. The van der Waals surface area contributed by atoms with Gasteiger partial charge in [0.05, 0.1) is 16.1 Å². The summed E-state index contributed by atoms with van der Waals surface area (Å²) >= 11 is 13.4. The van der Waals surface area contributed by atoms with Gasteiger partial charge in [0.15, 0.2) is 0 Å². The quantitative estimate of drug-likeness (QED) is 0.758. The molecular weight excluding hydrogens is 303 g/mol. The van der Waals surface area contributed by atoms with Gasteiger partial charge < -0.3 is 11.1 Å². The summed E-state index contributed by atoms with van der Waals surface area (Å²) in [6, 6.07) is 5.43. The predicted molar refractivity (Wildman–Crippen MR) is 83.1 cm³/mol. The van der Waals surface area contributed by atoms with Gasteiger partial charge in [0.1, 0.15) is 0 Å². The van der Waals surface area contributed by atoms with Gasteiger partial charge in [-0.15, -0.1) is 11.8 Å². The number of rotatable bonds is 7. The highest BCUT2D eigenvalue weighted by Gasteiger charge is 2.15. The number of carbonyl (C=O) groups excluding carboxylic acids is 1. The van der Waals surface area contributed by atoms with Crippen molar-refractivity contribution >= 4 is 40.9 Å². The summed E-state index contributed by atoms with van der Waals surface area (Å²) < 4.78 is 0. The maximum atomic E-state index is 11.3. The molecule has 1 amide bonds. The number of hydrogen-bond acceptors (Lipinski definition) is 3. The second kappa shape index (κ2) is 8.00. The number of amides is 1. The van der Waals surface area contributed by atoms with Crippen molar-refractivity contribution in [2.45, 2.75) is 37.2 Å². The fourth-order valence-electron chi connectivity index (χ4n) is 1.57. The largest absolute Gasteiger partial charge is 0.368 e. The Morgan fingerprint density at radius 3 is 2.58 bits per heavy atom. The third kappa shape index (κ3) is 6.04. The van der Waals surface area contributed by atoms with Crippen LogP contribution in [0.3, 0.4) is 0 Å². The summed E-state index contributed by atoms with van der Waals surface area (Å²) in [7, 11) is 0. The molecule has 0 aliphatic carbocycles. The number of nitrogens with two attached hydrogens (primary N) is 1. The monoisotopic (exact) mass is 320 g/mol. The predicted octanol–water partition coefficient (Wildman–Crippen LogP) is 3.33. The van der Waals surface area contributed by atoms with Crippen molar-refractivity contribution < 1.29 is 4.79 Å². The first kappa shape index (κ1) is 16.6. The molecule has 3 N–H and O–H groups in total. The normalized spacial score (nSPS) is 12.7. The van der Waals surface area contributed by atoms with Crippen molar-refractivity contribution in [3.05, 3.63) is 28.2 Å². The third-order valence-corrected chi connectivity index (χ3v) is 4.21. The Bertz CT molecular complexity index is 441. The summed E-state index contributed by atoms with van der Waals surface area (Å²) in [4.78, 5) is 12.3. The van der Waals surface area contributed by atoms with Crippen molar-refractivity contribution in [2.24, 2.45) is 5.73 Å². The molecule has 1 unspecified atom stereocenters. The second-order valence-corrected chi connectivity index (χ2v) is 6.47. The molecule has 6 heteroatoms. The first-order chi connectivity index (χ1) is 8.90. The highest BCUT2D eigenvalue weighted by molar-refractivity contribution is 7.99. The van der Waals surface area contributed by atoms with Crippen LogP contribution in [0.1, 0.15) is 20.3 Å². The lowest BCUT2D eigenvalue weighted by Gasteiger charge is -2.17. The van der Waals surface area contributed by atoms with Gasteiger partial charge in [0.2, 0.25) is 5.91 Å². The van der Waals surface area contributed by atoms with Crippen LogP contribution in [0, 0.1) is 0 Å². The third-order valence-electron chi connectivity index (χ3n) is 2.44. The standard InChI is InChI=1S/C13H18Cl2N2OS/c1-8(2)17-12(13(16)18)5-6-19-9-3-4-10(14)11(15)7-9/h3-4,7-8,12,17H,5-6H2,1-2H3,(H2,16,18). The maximum Gasteiger partial charge on any atom is 0.234 e. The van der Waals surface area contributed by atoms with E-state index in [1.54, 1.807) is 17.8 Å². The average Bonchev–Trinajstić information content (AvgIpc) is 2.31. The van der Waals surface area contributed by atoms with E-state index >= 15 is 0 Å². The molecular formula is C13H18Cl2N2OS. The van der Waals surface area contributed by atoms with E-state index in [4.69, 9.17) is 28.9 Å². The molecule has 1 rings (SSSR count). The van der Waals surface area contributed by atoms with Crippen LogP contribution in [0.15, 0.2) is 23.1 Å². The SMILES string of the molecule is CC(C)NC(CCSc1ccc(Cl)c(Cl)c1)C(N)=O. The van der Waals surface area contributed by atoms with E-state index in [9.17, 15) is 4.79 Å². The van der Waals surface area contributed by atoms with Gasteiger partial charge >= 0.3 is 0 Å². The molecule has 19 heavy (non-hydrogen) atoms. The molecule has 0 spiro atoms. The van der Waals surface area contributed by atoms with Gasteiger partial charge in [-0.05, 0) is 30.4 Å². The van der Waals surface area contributed by atoms with Crippen LogP contribution in [0.4, 0.5) is 0 Å². The van der Waals surface area contributed by atoms with Crippen molar-refractivity contribution in [3.8, 4) is 0 Å². The molecule has 1 aromatic rings. The van der Waals surface area contributed by atoms with Gasteiger partial charge in [-0.2, -0.15) is 0 Å². The summed E-state index contributed by atoms with van der Waals surface area (Å²) in [5.41, 5.74) is 5.36. The zero-order valence-electron chi connectivity index (χ0n) is 11.0. The van der Waals surface area contributed by atoms with Crippen LogP contribution in [0.5, 0.6) is 0 Å². The van der Waals surface area contributed by atoms with Gasteiger partial charge in [0, 0.05) is 10.9 Å². The van der Waals surface area contributed by atoms with Gasteiger partial charge in [0.25, 0.3) is 0 Å². The van der Waals surface area contributed by atoms with E-state index in [0.29, 0.717) is 16.5 Å². The Kier molecular flexibility index (Phi) is 7.00. The van der Waals surface area contributed by atoms with E-state index in [2.05, 4.69) is 5.32 Å². The number of halogens is 2. The Hall–Kier alpha value is -0.420. The molecule has 1 aromatic carbocycles. The minimum absolute atomic E-state index is 0.229. The summed E-state index contributed by atoms with van der Waals surface area (Å²) in [6.07, 6.45) is 0.679. The molecule has 0 radical (unpaired) electrons. The van der Waals surface area contributed by atoms with Crippen LogP contribution in [0.2, 0.25) is 10.0 Å². The Morgan fingerprint density at radius 2 is 2.05 bits per heavy atom. The molecule has 0 aliphatic heterocycles. The number of hydrogen-bond donors (Lipinski definition) is 2. The fraction of sp³-hybridized carbons (Fsp3) is 0.462. The molecule has 0 fully saturated rings. The highest BCUT2D eigenvalue weighted by Crippen LogP contribution is 2.28. The Morgan fingerprint density at radius 1 is 1.37 bits per heavy atom. The van der Waals surface area contributed by atoms with Crippen LogP contribution >= 0.6 is 35.0 Å². The first-order valence-electron chi connectivity index (χ1n) is 6.03. The highest BCUT2D eigenvalue weighted by atomic mass is 35.5. The van der Waals surface area contributed by atoms with E-state index in [1.807, 2.05) is 26.0 Å². The number of benzene rings is 1. The van der Waals surface area contributed by atoms with Crippen molar-refractivity contribution in [1.29, 1.82) is 0 Å². The van der Waals surface area contributed by atoms with Crippen LogP contribution < -0.4 is 11.1 Å². The maximum absolute atomic E-state index is 11.3. The number of nitrogens with one attached hydrogen (secondary N) is 1. The molecule has 3 nitrogen and oxygen atoms in total. The smallest absolute Gasteiger partial charge is 0.234 e. The number of carbonyl (C=O) groups is 1. The second-order valence-electron chi connectivity index (χ2n) is 4.49. The lowest BCUT2D eigenvalue weighted by molar-refractivity contribution is -0.120. The molecule has 0 heterocycles. The molecule has 0 saturated carbocycles. The van der Waals surface area contributed by atoms with Crippen LogP contribution in [0.25, 0.3) is 0 Å². The Balaban J connectivity index is 2.47. The minimum Gasteiger partial charge on any atom is -0.368 e. The molecule has 0 aliphatic rings. The van der Waals surface area contributed by atoms with E-state index < -0.39 is 0 Å². The van der Waals surface area contributed by atoms with Crippen molar-refractivity contribution in [1.82, 2.24) is 5.32 Å². The zero-order chi connectivity index (χ0) is 14.4. The van der Waals surface area contributed by atoms with E-state index in [-0.39, 0.29) is 18.0 Å². The van der Waals surface area contributed by atoms with E-state index in [1.165, 1.54) is 0 Å². The number of thioether (sulfide) groups is 1. The molecule has 0 aromatic heterocycles. The molecule has 0 bridgehead atoms. The lowest BCUT2D eigenvalue weighted by atomic mass is 10.2. The van der Waals surface area contributed by atoms with Crippen LogP contribution in [-0.2, 0) is 4.79 Å². The van der Waals surface area contributed by atoms with Crippen molar-refractivity contribution in [3.63, 3.8) is 0 Å². The minimum atomic E-state index is -0.316. The molecule has 0 saturated heterocycles. The Labute approximate surface area is 128 Å². The molecule has 1 atom stereocenters. The van der Waals surface area contributed by atoms with E-state index in [0.717, 1.165) is 10.6 Å². The van der Waals surface area contributed by atoms with Gasteiger partial charge in [-0.25, -0.2) is 0 Å². The topological polar surface area (TPSA) is 55.1 Å². The van der Waals surface area contributed by atoms with Crippen molar-refractivity contribution in [2.75, 3.05) is 5.75 Å². The summed E-state index contributed by atoms with van der Waals surface area (Å²) in [6.45, 7) is 3.98. The zero-order valence-corrected chi connectivity index (χ0v) is 13.3.